The van der Waals surface area contributed by atoms with Gasteiger partial charge in [0.2, 0.25) is 5.43 Å². The monoisotopic (exact) mass is 390 g/mol. The Bertz CT molecular complexity index is 1380. The first-order valence-corrected chi connectivity index (χ1v) is 9.21. The molecule has 0 aliphatic carbocycles. The molecule has 2 aromatic carbocycles. The van der Waals surface area contributed by atoms with E-state index in [2.05, 4.69) is 4.98 Å². The minimum atomic E-state index is -0.480. The molecule has 0 unspecified atom stereocenters. The Labute approximate surface area is 164 Å². The lowest BCUT2D eigenvalue weighted by Gasteiger charge is -2.15. The maximum absolute atomic E-state index is 13.3. The van der Waals surface area contributed by atoms with Gasteiger partial charge in [0.15, 0.2) is 5.65 Å². The van der Waals surface area contributed by atoms with Crippen LogP contribution in [-0.4, -0.2) is 19.0 Å². The van der Waals surface area contributed by atoms with Crippen LogP contribution in [-0.2, 0) is 13.6 Å². The van der Waals surface area contributed by atoms with Crippen LogP contribution in [0.1, 0.15) is 13.3 Å². The second-order valence-corrected chi connectivity index (χ2v) is 6.80. The van der Waals surface area contributed by atoms with E-state index in [-0.39, 0.29) is 16.5 Å². The predicted molar refractivity (Wildman–Crippen MR) is 111 cm³/mol. The maximum Gasteiger partial charge on any atom is 0.269 e. The molecule has 0 saturated heterocycles. The summed E-state index contributed by atoms with van der Waals surface area (Å²) in [6, 6.07) is 13.0. The molecule has 0 saturated carbocycles. The Balaban J connectivity index is 2.12. The standard InChI is InChI=1S/C21H18N4O4/c1-3-12-24-19(13-8-10-14(11-9-13)25(28)29)22-20-17(21(24)27)18(26)15-6-4-5-7-16(15)23(20)2/h4-11H,3,12H2,1-2H3. The van der Waals surface area contributed by atoms with Crippen LogP contribution in [0.5, 0.6) is 0 Å². The fourth-order valence-electron chi connectivity index (χ4n) is 3.58. The number of nitro groups is 1. The molecule has 146 valence electrons. The normalized spacial score (nSPS) is 11.2. The molecule has 29 heavy (non-hydrogen) atoms. The molecule has 0 spiro atoms. The van der Waals surface area contributed by atoms with Crippen molar-refractivity contribution in [3.8, 4) is 11.4 Å². The van der Waals surface area contributed by atoms with Crippen LogP contribution in [0.4, 0.5) is 5.69 Å². The number of aromatic nitrogens is 3. The van der Waals surface area contributed by atoms with Crippen molar-refractivity contribution >= 4 is 27.6 Å². The Morgan fingerprint density at radius 1 is 1.07 bits per heavy atom. The summed E-state index contributed by atoms with van der Waals surface area (Å²) in [7, 11) is 1.76. The van der Waals surface area contributed by atoms with Crippen molar-refractivity contribution < 1.29 is 4.92 Å². The van der Waals surface area contributed by atoms with Crippen LogP contribution in [0.3, 0.4) is 0 Å². The van der Waals surface area contributed by atoms with Crippen molar-refractivity contribution in [2.24, 2.45) is 7.05 Å². The largest absolute Gasteiger partial charge is 0.328 e. The molecule has 8 nitrogen and oxygen atoms in total. The number of rotatable bonds is 4. The van der Waals surface area contributed by atoms with Gasteiger partial charge in [-0.15, -0.1) is 0 Å². The molecular formula is C21H18N4O4. The van der Waals surface area contributed by atoms with E-state index in [4.69, 9.17) is 0 Å². The average Bonchev–Trinajstić information content (AvgIpc) is 2.73. The Morgan fingerprint density at radius 3 is 2.41 bits per heavy atom. The number of para-hydroxylation sites is 1. The van der Waals surface area contributed by atoms with Gasteiger partial charge in [-0.2, -0.15) is 0 Å². The van der Waals surface area contributed by atoms with Crippen molar-refractivity contribution in [1.82, 2.24) is 14.1 Å². The van der Waals surface area contributed by atoms with Crippen molar-refractivity contribution in [2.75, 3.05) is 0 Å². The number of fused-ring (bicyclic) bond motifs is 2. The first-order chi connectivity index (χ1) is 13.9. The van der Waals surface area contributed by atoms with E-state index in [9.17, 15) is 19.7 Å². The molecule has 0 radical (unpaired) electrons. The van der Waals surface area contributed by atoms with Gasteiger partial charge in [0.25, 0.3) is 11.2 Å². The highest BCUT2D eigenvalue weighted by atomic mass is 16.6. The molecule has 0 N–H and O–H groups in total. The summed E-state index contributed by atoms with van der Waals surface area (Å²) in [6.07, 6.45) is 0.668. The zero-order valence-corrected chi connectivity index (χ0v) is 16.0. The van der Waals surface area contributed by atoms with Gasteiger partial charge in [0.1, 0.15) is 11.2 Å². The summed E-state index contributed by atoms with van der Waals surface area (Å²) in [5.74, 6) is 0.379. The zero-order valence-electron chi connectivity index (χ0n) is 16.0. The molecule has 0 bridgehead atoms. The van der Waals surface area contributed by atoms with Crippen molar-refractivity contribution in [2.45, 2.75) is 19.9 Å². The van der Waals surface area contributed by atoms with E-state index in [0.29, 0.717) is 40.9 Å². The highest BCUT2D eigenvalue weighted by Gasteiger charge is 2.19. The molecule has 0 atom stereocenters. The van der Waals surface area contributed by atoms with Gasteiger partial charge >= 0.3 is 0 Å². The molecule has 8 heteroatoms. The molecule has 0 aliphatic heterocycles. The number of nitro benzene ring substituents is 1. The van der Waals surface area contributed by atoms with Crippen LogP contribution in [0.15, 0.2) is 58.1 Å². The summed E-state index contributed by atoms with van der Waals surface area (Å²) in [5.41, 5.74) is 0.753. The molecule has 0 fully saturated rings. The third kappa shape index (κ3) is 2.89. The fraction of sp³-hybridized carbons (Fsp3) is 0.190. The van der Waals surface area contributed by atoms with Crippen molar-refractivity contribution in [3.63, 3.8) is 0 Å². The van der Waals surface area contributed by atoms with E-state index in [1.165, 1.54) is 16.7 Å². The minimum absolute atomic E-state index is 0.0441. The minimum Gasteiger partial charge on any atom is -0.328 e. The van der Waals surface area contributed by atoms with Crippen LogP contribution >= 0.6 is 0 Å². The molecule has 2 aromatic heterocycles. The van der Waals surface area contributed by atoms with Gasteiger partial charge in [-0.25, -0.2) is 4.98 Å². The lowest BCUT2D eigenvalue weighted by Crippen LogP contribution is -2.29. The highest BCUT2D eigenvalue weighted by molar-refractivity contribution is 5.91. The lowest BCUT2D eigenvalue weighted by atomic mass is 10.1. The fourth-order valence-corrected chi connectivity index (χ4v) is 3.58. The maximum atomic E-state index is 13.3. The second-order valence-electron chi connectivity index (χ2n) is 6.80. The number of benzene rings is 2. The third-order valence-corrected chi connectivity index (χ3v) is 4.99. The average molecular weight is 390 g/mol. The molecule has 2 heterocycles. The van der Waals surface area contributed by atoms with Gasteiger partial charge in [-0.3, -0.25) is 24.3 Å². The number of hydrogen-bond acceptors (Lipinski definition) is 5. The Morgan fingerprint density at radius 2 is 1.76 bits per heavy atom. The van der Waals surface area contributed by atoms with E-state index < -0.39 is 10.5 Å². The van der Waals surface area contributed by atoms with Crippen LogP contribution < -0.4 is 11.0 Å². The third-order valence-electron chi connectivity index (χ3n) is 4.99. The van der Waals surface area contributed by atoms with Crippen LogP contribution in [0, 0.1) is 10.1 Å². The van der Waals surface area contributed by atoms with E-state index in [1.54, 1.807) is 41.9 Å². The summed E-state index contributed by atoms with van der Waals surface area (Å²) in [5, 5.41) is 11.5. The quantitative estimate of drug-likeness (QED) is 0.303. The topological polar surface area (TPSA) is 100 Å². The number of non-ortho nitro benzene ring substituents is 1. The van der Waals surface area contributed by atoms with Gasteiger partial charge in [-0.05, 0) is 30.7 Å². The SMILES string of the molecule is CCCn1c(-c2ccc([N+](=O)[O-])cc2)nc2c(c(=O)c3ccccc3n2C)c1=O. The second kappa shape index (κ2) is 6.97. The van der Waals surface area contributed by atoms with Crippen LogP contribution in [0.25, 0.3) is 33.3 Å². The van der Waals surface area contributed by atoms with Gasteiger partial charge in [0.05, 0.1) is 10.4 Å². The number of pyridine rings is 1. The van der Waals surface area contributed by atoms with Gasteiger partial charge < -0.3 is 4.57 Å². The van der Waals surface area contributed by atoms with E-state index >= 15 is 0 Å². The van der Waals surface area contributed by atoms with Crippen molar-refractivity contribution in [3.05, 3.63) is 79.2 Å². The lowest BCUT2D eigenvalue weighted by molar-refractivity contribution is -0.384. The molecule has 4 aromatic rings. The van der Waals surface area contributed by atoms with E-state index in [1.807, 2.05) is 13.0 Å². The summed E-state index contributed by atoms with van der Waals surface area (Å²) in [6.45, 7) is 2.30. The van der Waals surface area contributed by atoms with E-state index in [0.717, 1.165) is 0 Å². The van der Waals surface area contributed by atoms with Gasteiger partial charge in [-0.1, -0.05) is 19.1 Å². The zero-order chi connectivity index (χ0) is 20.7. The Kier molecular flexibility index (Phi) is 4.46. The molecular weight excluding hydrogens is 372 g/mol. The van der Waals surface area contributed by atoms with Gasteiger partial charge in [0, 0.05) is 36.7 Å². The smallest absolute Gasteiger partial charge is 0.269 e. The first-order valence-electron chi connectivity index (χ1n) is 9.21. The molecule has 4 rings (SSSR count). The Hall–Kier alpha value is -3.81. The molecule has 0 aliphatic rings. The number of hydrogen-bond donors (Lipinski definition) is 0. The van der Waals surface area contributed by atoms with Crippen molar-refractivity contribution in [1.29, 1.82) is 0 Å². The first kappa shape index (κ1) is 18.5. The highest BCUT2D eigenvalue weighted by Crippen LogP contribution is 2.23. The predicted octanol–water partition coefficient (Wildman–Crippen LogP) is 3.23. The summed E-state index contributed by atoms with van der Waals surface area (Å²) < 4.78 is 3.21. The summed E-state index contributed by atoms with van der Waals surface area (Å²) in [4.78, 5) is 41.5. The molecule has 0 amide bonds. The van der Waals surface area contributed by atoms with Crippen LogP contribution in [0.2, 0.25) is 0 Å². The number of aryl methyl sites for hydroxylation is 1. The summed E-state index contributed by atoms with van der Waals surface area (Å²) >= 11 is 0. The number of nitrogens with zero attached hydrogens (tertiary/aromatic N) is 4.